The fraction of sp³-hybridized carbons (Fsp3) is 0.300. The van der Waals surface area contributed by atoms with E-state index in [-0.39, 0.29) is 17.0 Å². The minimum atomic E-state index is -1.92. The molecule has 2 rings (SSSR count). The summed E-state index contributed by atoms with van der Waals surface area (Å²) < 4.78 is 1.31. The molecule has 0 radical (unpaired) electrons. The Morgan fingerprint density at radius 1 is 1.47 bits per heavy atom. The quantitative estimate of drug-likeness (QED) is 0.561. The van der Waals surface area contributed by atoms with Crippen LogP contribution in [0.4, 0.5) is 5.69 Å². The van der Waals surface area contributed by atoms with E-state index in [1.165, 1.54) is 34.5 Å². The number of hydrogen-bond acceptors (Lipinski definition) is 5. The number of aliphatic hydroxyl groups is 2. The molecule has 0 saturated carbocycles. The van der Waals surface area contributed by atoms with Crippen LogP contribution in [0.2, 0.25) is 5.02 Å². The molecule has 1 saturated heterocycles. The van der Waals surface area contributed by atoms with Crippen LogP contribution in [0.15, 0.2) is 18.2 Å². The molecule has 1 aromatic rings. The van der Waals surface area contributed by atoms with E-state index in [1.54, 1.807) is 0 Å². The monoisotopic (exact) mass is 275 g/mol. The number of carboxylic acids is 1. The van der Waals surface area contributed by atoms with E-state index in [0.717, 1.165) is 0 Å². The highest BCUT2D eigenvalue weighted by Crippen LogP contribution is 2.38. The highest BCUT2D eigenvalue weighted by Gasteiger charge is 2.38. The third-order valence-electron chi connectivity index (χ3n) is 2.40. The van der Waals surface area contributed by atoms with Gasteiger partial charge in [-0.25, -0.2) is 4.79 Å². The first-order chi connectivity index (χ1) is 7.92. The average molecular weight is 276 g/mol. The Morgan fingerprint density at radius 2 is 2.18 bits per heavy atom. The van der Waals surface area contributed by atoms with Gasteiger partial charge < -0.3 is 15.3 Å². The first-order valence-corrected chi connectivity index (χ1v) is 6.14. The number of anilines is 1. The lowest BCUT2D eigenvalue weighted by Crippen LogP contribution is -2.40. The topological polar surface area (TPSA) is 81.0 Å². The Kier molecular flexibility index (Phi) is 3.22. The fourth-order valence-electron chi connectivity index (χ4n) is 1.56. The summed E-state index contributed by atoms with van der Waals surface area (Å²) in [5.74, 6) is -2.46. The summed E-state index contributed by atoms with van der Waals surface area (Å²) >= 11 is 7.07. The minimum Gasteiger partial charge on any atom is -0.478 e. The Hall–Kier alpha value is -0.950. The van der Waals surface area contributed by atoms with E-state index in [9.17, 15) is 15.0 Å². The third-order valence-corrected chi connectivity index (χ3v) is 3.86. The summed E-state index contributed by atoms with van der Waals surface area (Å²) in [6, 6.07) is 4.24. The van der Waals surface area contributed by atoms with Crippen LogP contribution in [-0.2, 0) is 0 Å². The van der Waals surface area contributed by atoms with Gasteiger partial charge >= 0.3 is 5.97 Å². The number of hydrogen-bond donors (Lipinski definition) is 3. The van der Waals surface area contributed by atoms with Gasteiger partial charge in [0, 0.05) is 12.2 Å². The number of carbonyl (C=O) groups is 1. The van der Waals surface area contributed by atoms with Gasteiger partial charge in [-0.15, -0.1) is 0 Å². The van der Waals surface area contributed by atoms with Crippen molar-refractivity contribution in [2.24, 2.45) is 0 Å². The van der Waals surface area contributed by atoms with Gasteiger partial charge in [0.05, 0.1) is 16.3 Å². The van der Waals surface area contributed by atoms with Crippen LogP contribution in [0.25, 0.3) is 0 Å². The molecule has 1 aliphatic rings. The van der Waals surface area contributed by atoms with E-state index in [1.807, 2.05) is 0 Å². The van der Waals surface area contributed by atoms with Gasteiger partial charge in [0.2, 0.25) is 0 Å². The van der Waals surface area contributed by atoms with Crippen LogP contribution >= 0.6 is 23.5 Å². The molecule has 0 bridgehead atoms. The molecule has 0 unspecified atom stereocenters. The van der Waals surface area contributed by atoms with Gasteiger partial charge in [-0.2, -0.15) is 0 Å². The van der Waals surface area contributed by atoms with Gasteiger partial charge in [-0.3, -0.25) is 4.31 Å². The zero-order chi connectivity index (χ0) is 12.6. The molecule has 0 spiro atoms. The first-order valence-electron chi connectivity index (χ1n) is 4.82. The molecule has 1 aromatic carbocycles. The van der Waals surface area contributed by atoms with Crippen LogP contribution in [-0.4, -0.2) is 33.0 Å². The lowest BCUT2D eigenvalue weighted by molar-refractivity contribution is -0.143. The number of halogens is 1. The van der Waals surface area contributed by atoms with E-state index in [0.29, 0.717) is 11.4 Å². The number of rotatable bonds is 2. The van der Waals surface area contributed by atoms with Crippen molar-refractivity contribution in [1.29, 1.82) is 0 Å². The molecule has 1 fully saturated rings. The largest absolute Gasteiger partial charge is 0.478 e. The van der Waals surface area contributed by atoms with Crippen molar-refractivity contribution in [3.05, 3.63) is 28.8 Å². The van der Waals surface area contributed by atoms with Gasteiger partial charge in [-0.1, -0.05) is 11.6 Å². The molecule has 17 heavy (non-hydrogen) atoms. The molecule has 5 nitrogen and oxygen atoms in total. The van der Waals surface area contributed by atoms with Crippen LogP contribution in [0.1, 0.15) is 16.8 Å². The van der Waals surface area contributed by atoms with Crippen molar-refractivity contribution in [2.75, 3.05) is 10.1 Å². The standard InChI is InChI=1S/C10H10ClNO4S/c11-8-5-6(1-2-7(8)9(13)14)12-10(15,16)3-4-17-12/h1-2,5,15-16H,3-4H2,(H,13,14). The Morgan fingerprint density at radius 3 is 2.65 bits per heavy atom. The number of nitrogens with zero attached hydrogens (tertiary/aromatic N) is 1. The summed E-state index contributed by atoms with van der Waals surface area (Å²) in [6.45, 7) is 0. The summed E-state index contributed by atoms with van der Waals surface area (Å²) in [6.07, 6.45) is 0.218. The van der Waals surface area contributed by atoms with Crippen LogP contribution in [0.3, 0.4) is 0 Å². The van der Waals surface area contributed by atoms with Crippen molar-refractivity contribution in [3.63, 3.8) is 0 Å². The minimum absolute atomic E-state index is 0.0129. The second kappa shape index (κ2) is 4.38. The highest BCUT2D eigenvalue weighted by atomic mass is 35.5. The Labute approximate surface area is 107 Å². The van der Waals surface area contributed by atoms with E-state index in [4.69, 9.17) is 16.7 Å². The van der Waals surface area contributed by atoms with E-state index in [2.05, 4.69) is 0 Å². The first kappa shape index (κ1) is 12.5. The second-order valence-corrected chi connectivity index (χ2v) is 5.06. The molecule has 1 heterocycles. The summed E-state index contributed by atoms with van der Waals surface area (Å²) in [5, 5.41) is 28.2. The maximum Gasteiger partial charge on any atom is 0.337 e. The number of carboxylic acid groups (broad SMARTS) is 1. The highest BCUT2D eigenvalue weighted by molar-refractivity contribution is 8.00. The lowest BCUT2D eigenvalue weighted by Gasteiger charge is -2.28. The predicted molar refractivity (Wildman–Crippen MR) is 65.1 cm³/mol. The van der Waals surface area contributed by atoms with Crippen LogP contribution in [0.5, 0.6) is 0 Å². The molecular formula is C10H10ClNO4S. The molecule has 0 aromatic heterocycles. The zero-order valence-corrected chi connectivity index (χ0v) is 10.2. The van der Waals surface area contributed by atoms with Gasteiger partial charge in [0.25, 0.3) is 5.91 Å². The van der Waals surface area contributed by atoms with E-state index >= 15 is 0 Å². The summed E-state index contributed by atoms with van der Waals surface area (Å²) in [7, 11) is 0. The normalized spacial score (nSPS) is 18.4. The second-order valence-electron chi connectivity index (χ2n) is 3.62. The molecule has 7 heteroatoms. The van der Waals surface area contributed by atoms with Crippen LogP contribution < -0.4 is 4.31 Å². The predicted octanol–water partition coefficient (Wildman–Crippen LogP) is 1.53. The lowest BCUT2D eigenvalue weighted by atomic mass is 10.2. The Balaban J connectivity index is 2.35. The molecule has 0 aliphatic carbocycles. The number of aromatic carboxylic acids is 1. The SMILES string of the molecule is O=C(O)c1ccc(N2SCCC2(O)O)cc1Cl. The average Bonchev–Trinajstić information content (AvgIpc) is 2.57. The Bertz CT molecular complexity index is 466. The zero-order valence-electron chi connectivity index (χ0n) is 8.63. The summed E-state index contributed by atoms with van der Waals surface area (Å²) in [5.41, 5.74) is 0.452. The van der Waals surface area contributed by atoms with Gasteiger partial charge in [0.1, 0.15) is 0 Å². The third kappa shape index (κ3) is 2.35. The van der Waals surface area contributed by atoms with Gasteiger partial charge in [-0.05, 0) is 30.1 Å². The van der Waals surface area contributed by atoms with Crippen LogP contribution in [0, 0.1) is 0 Å². The molecule has 3 N–H and O–H groups in total. The molecule has 1 aliphatic heterocycles. The van der Waals surface area contributed by atoms with Crippen molar-refractivity contribution >= 4 is 35.2 Å². The maximum absolute atomic E-state index is 10.8. The van der Waals surface area contributed by atoms with Crippen molar-refractivity contribution in [1.82, 2.24) is 0 Å². The van der Waals surface area contributed by atoms with Crippen molar-refractivity contribution < 1.29 is 20.1 Å². The molecule has 92 valence electrons. The summed E-state index contributed by atoms with van der Waals surface area (Å²) in [4.78, 5) is 10.8. The van der Waals surface area contributed by atoms with Crippen molar-refractivity contribution in [2.45, 2.75) is 12.3 Å². The maximum atomic E-state index is 10.8. The molecular weight excluding hydrogens is 266 g/mol. The molecule has 0 atom stereocenters. The van der Waals surface area contributed by atoms with Gasteiger partial charge in [0.15, 0.2) is 0 Å². The fourth-order valence-corrected chi connectivity index (χ4v) is 2.93. The smallest absolute Gasteiger partial charge is 0.337 e. The number of benzene rings is 1. The van der Waals surface area contributed by atoms with E-state index < -0.39 is 11.9 Å². The van der Waals surface area contributed by atoms with Crippen molar-refractivity contribution in [3.8, 4) is 0 Å². The molecule has 0 amide bonds.